The summed E-state index contributed by atoms with van der Waals surface area (Å²) in [7, 11) is 0. The van der Waals surface area contributed by atoms with Crippen molar-refractivity contribution in [2.24, 2.45) is 0 Å². The number of fused-ring (bicyclic) bond motifs is 1. The molecule has 0 radical (unpaired) electrons. The van der Waals surface area contributed by atoms with Crippen molar-refractivity contribution in [3.05, 3.63) is 106 Å². The maximum Gasteiger partial charge on any atom is 0.282 e. The molecule has 0 saturated carbocycles. The summed E-state index contributed by atoms with van der Waals surface area (Å²) in [6.45, 7) is -0.814. The number of Topliss-reactive ketones (excluding diaryl/α,β-unsaturated/α-hetero) is 1. The number of halogens is 5. The highest BCUT2D eigenvalue weighted by Gasteiger charge is 2.46. The lowest BCUT2D eigenvalue weighted by Gasteiger charge is -2.29. The lowest BCUT2D eigenvalue weighted by molar-refractivity contribution is -0.384. The van der Waals surface area contributed by atoms with E-state index in [-0.39, 0.29) is 31.2 Å². The van der Waals surface area contributed by atoms with Crippen LogP contribution in [0.2, 0.25) is 25.1 Å². The molecule has 3 aromatic carbocycles. The minimum absolute atomic E-state index is 0.111. The first-order valence-electron chi connectivity index (χ1n) is 10.0. The van der Waals surface area contributed by atoms with E-state index in [0.29, 0.717) is 15.0 Å². The summed E-state index contributed by atoms with van der Waals surface area (Å²) >= 11 is 30.3. The van der Waals surface area contributed by atoms with Crippen molar-refractivity contribution < 1.29 is 24.1 Å². The minimum atomic E-state index is -1.10. The van der Waals surface area contributed by atoms with Crippen molar-refractivity contribution in [2.45, 2.75) is 0 Å². The first kappa shape index (κ1) is 26.8. The van der Waals surface area contributed by atoms with Gasteiger partial charge in [0.15, 0.2) is 5.78 Å². The zero-order chi connectivity index (χ0) is 27.2. The smallest absolute Gasteiger partial charge is 0.282 e. The molecule has 0 aliphatic carbocycles. The normalized spacial score (nSPS) is 12.5. The van der Waals surface area contributed by atoms with E-state index >= 15 is 0 Å². The van der Waals surface area contributed by atoms with Gasteiger partial charge >= 0.3 is 0 Å². The van der Waals surface area contributed by atoms with Crippen LogP contribution in [0.3, 0.4) is 0 Å². The highest BCUT2D eigenvalue weighted by molar-refractivity contribution is 6.55. The molecule has 0 spiro atoms. The first-order valence-corrected chi connectivity index (χ1v) is 11.9. The van der Waals surface area contributed by atoms with Crippen LogP contribution in [0.5, 0.6) is 0 Å². The monoisotopic (exact) mass is 599 g/mol. The standard InChI is InChI=1S/C23H10Cl5N3O6/c24-12-6-4-10(5-7-12)14(32)9-29(21(33)11-2-1-3-13(8-11)31(36)37)30-22(34)15-16(23(30)35)18(26)20(28)19(27)17(15)25/h1-8H,9H2. The molecule has 4 rings (SSSR count). The summed E-state index contributed by atoms with van der Waals surface area (Å²) < 4.78 is 0. The quantitative estimate of drug-likeness (QED) is 0.0806. The van der Waals surface area contributed by atoms with Gasteiger partial charge in [-0.15, -0.1) is 0 Å². The molecule has 0 N–H and O–H groups in total. The number of imide groups is 1. The van der Waals surface area contributed by atoms with Crippen molar-refractivity contribution in [3.63, 3.8) is 0 Å². The predicted molar refractivity (Wildman–Crippen MR) is 137 cm³/mol. The van der Waals surface area contributed by atoms with E-state index in [1.807, 2.05) is 0 Å². The average molecular weight is 602 g/mol. The number of carbonyl (C=O) groups is 4. The van der Waals surface area contributed by atoms with Crippen molar-refractivity contribution in [3.8, 4) is 0 Å². The summed E-state index contributed by atoms with van der Waals surface area (Å²) in [4.78, 5) is 63.9. The van der Waals surface area contributed by atoms with Crippen LogP contribution in [0, 0.1) is 10.1 Å². The summed E-state index contributed by atoms with van der Waals surface area (Å²) in [6.07, 6.45) is 0. The van der Waals surface area contributed by atoms with Crippen molar-refractivity contribution >= 4 is 87.2 Å². The molecule has 188 valence electrons. The summed E-state index contributed by atoms with van der Waals surface area (Å²) in [5.74, 6) is -3.95. The molecular formula is C23H10Cl5N3O6. The van der Waals surface area contributed by atoms with Crippen LogP contribution in [0.15, 0.2) is 48.5 Å². The fourth-order valence-electron chi connectivity index (χ4n) is 3.55. The van der Waals surface area contributed by atoms with E-state index in [1.54, 1.807) is 0 Å². The maximum atomic E-state index is 13.5. The molecule has 1 aliphatic heterocycles. The van der Waals surface area contributed by atoms with Crippen LogP contribution < -0.4 is 0 Å². The molecule has 0 atom stereocenters. The Morgan fingerprint density at radius 1 is 0.811 bits per heavy atom. The molecule has 14 heteroatoms. The third-order valence-corrected chi connectivity index (χ3v) is 7.37. The van der Waals surface area contributed by atoms with E-state index in [1.165, 1.54) is 36.4 Å². The van der Waals surface area contributed by atoms with E-state index in [4.69, 9.17) is 58.0 Å². The van der Waals surface area contributed by atoms with E-state index in [2.05, 4.69) is 0 Å². The second kappa shape index (κ2) is 10.3. The van der Waals surface area contributed by atoms with Gasteiger partial charge < -0.3 is 0 Å². The van der Waals surface area contributed by atoms with Crippen LogP contribution >= 0.6 is 58.0 Å². The van der Waals surface area contributed by atoms with E-state index < -0.39 is 51.8 Å². The Kier molecular flexibility index (Phi) is 7.45. The number of ketones is 1. The van der Waals surface area contributed by atoms with Crippen LogP contribution in [0.4, 0.5) is 5.69 Å². The molecule has 9 nitrogen and oxygen atoms in total. The van der Waals surface area contributed by atoms with Gasteiger partial charge in [0.05, 0.1) is 36.1 Å². The topological polar surface area (TPSA) is 118 Å². The molecule has 3 amide bonds. The summed E-state index contributed by atoms with van der Waals surface area (Å²) in [5, 5.41) is 11.2. The zero-order valence-electron chi connectivity index (χ0n) is 18.0. The molecule has 0 fully saturated rings. The van der Waals surface area contributed by atoms with Gasteiger partial charge in [-0.3, -0.25) is 29.3 Å². The lowest BCUT2D eigenvalue weighted by Crippen LogP contribution is -2.51. The summed E-state index contributed by atoms with van der Waals surface area (Å²) in [5.41, 5.74) is -1.42. The number of nitro benzene ring substituents is 1. The Labute approximate surface area is 233 Å². The number of carbonyl (C=O) groups excluding carboxylic acids is 4. The molecule has 0 saturated heterocycles. The van der Waals surface area contributed by atoms with Crippen LogP contribution in [0.1, 0.15) is 41.4 Å². The molecule has 37 heavy (non-hydrogen) atoms. The minimum Gasteiger partial charge on any atom is -0.292 e. The second-order valence-electron chi connectivity index (χ2n) is 7.53. The largest absolute Gasteiger partial charge is 0.292 e. The summed E-state index contributed by atoms with van der Waals surface area (Å²) in [6, 6.07) is 10.2. The van der Waals surface area contributed by atoms with Crippen molar-refractivity contribution in [1.82, 2.24) is 10.0 Å². The maximum absolute atomic E-state index is 13.5. The number of amides is 3. The van der Waals surface area contributed by atoms with Crippen LogP contribution in [0.25, 0.3) is 0 Å². The predicted octanol–water partition coefficient (Wildman–Crippen LogP) is 6.40. The Morgan fingerprint density at radius 2 is 1.35 bits per heavy atom. The number of hydrogen-bond acceptors (Lipinski definition) is 6. The van der Waals surface area contributed by atoms with Gasteiger partial charge in [0.1, 0.15) is 6.54 Å². The number of hydrazine groups is 1. The number of rotatable bonds is 6. The number of nitrogens with zero attached hydrogens (tertiary/aromatic N) is 3. The van der Waals surface area contributed by atoms with Gasteiger partial charge in [-0.2, -0.15) is 5.01 Å². The Morgan fingerprint density at radius 3 is 1.86 bits per heavy atom. The molecule has 0 aromatic heterocycles. The third-order valence-electron chi connectivity index (χ3n) is 5.32. The van der Waals surface area contributed by atoms with Gasteiger partial charge in [-0.05, 0) is 30.3 Å². The molecular weight excluding hydrogens is 592 g/mol. The molecule has 1 aliphatic rings. The first-order chi connectivity index (χ1) is 17.4. The Bertz CT molecular complexity index is 1480. The fourth-order valence-corrected chi connectivity index (χ4v) is 4.69. The van der Waals surface area contributed by atoms with Gasteiger partial charge in [0, 0.05) is 28.3 Å². The second-order valence-corrected chi connectivity index (χ2v) is 9.48. The van der Waals surface area contributed by atoms with Crippen molar-refractivity contribution in [2.75, 3.05) is 6.54 Å². The number of nitro groups is 1. The van der Waals surface area contributed by atoms with Gasteiger partial charge in [-0.25, -0.2) is 5.01 Å². The third kappa shape index (κ3) is 4.76. The lowest BCUT2D eigenvalue weighted by atomic mass is 10.1. The molecule has 0 bridgehead atoms. The Balaban J connectivity index is 1.83. The Hall–Kier alpha value is -3.21. The number of non-ortho nitro benzene ring substituents is 1. The van der Waals surface area contributed by atoms with Gasteiger partial charge in [0.25, 0.3) is 23.4 Å². The van der Waals surface area contributed by atoms with Crippen molar-refractivity contribution in [1.29, 1.82) is 0 Å². The van der Waals surface area contributed by atoms with Gasteiger partial charge in [-0.1, -0.05) is 64.1 Å². The molecule has 1 heterocycles. The highest BCUT2D eigenvalue weighted by Crippen LogP contribution is 2.45. The highest BCUT2D eigenvalue weighted by atomic mass is 35.5. The molecule has 0 unspecified atom stereocenters. The number of hydrogen-bond donors (Lipinski definition) is 0. The SMILES string of the molecule is O=C(CN(C(=O)c1cccc([N+](=O)[O-])c1)N1C(=O)c2c(Cl)c(Cl)c(Cl)c(Cl)c2C1=O)c1ccc(Cl)cc1. The van der Waals surface area contributed by atoms with Crippen LogP contribution in [-0.4, -0.2) is 45.0 Å². The average Bonchev–Trinajstić information content (AvgIpc) is 3.14. The van der Waals surface area contributed by atoms with Crippen LogP contribution in [-0.2, 0) is 0 Å². The van der Waals surface area contributed by atoms with Gasteiger partial charge in [0.2, 0.25) is 0 Å². The molecule has 3 aromatic rings. The fraction of sp³-hybridized carbons (Fsp3) is 0.0435. The van der Waals surface area contributed by atoms with E-state index in [9.17, 15) is 29.3 Å². The van der Waals surface area contributed by atoms with E-state index in [0.717, 1.165) is 12.1 Å². The zero-order valence-corrected chi connectivity index (χ0v) is 21.8. The number of benzene rings is 3.